The first kappa shape index (κ1) is 16.5. The summed E-state index contributed by atoms with van der Waals surface area (Å²) >= 11 is 0. The Labute approximate surface area is 133 Å². The quantitative estimate of drug-likeness (QED) is 0.874. The van der Waals surface area contributed by atoms with E-state index < -0.39 is 0 Å². The minimum absolute atomic E-state index is 0.0205. The van der Waals surface area contributed by atoms with Crippen molar-refractivity contribution in [2.24, 2.45) is 0 Å². The number of hydrogen-bond donors (Lipinski definition) is 1. The molecule has 0 spiro atoms. The smallest absolute Gasteiger partial charge is 0.224 e. The van der Waals surface area contributed by atoms with Gasteiger partial charge in [0.25, 0.3) is 0 Å². The monoisotopic (exact) mass is 299 g/mol. The van der Waals surface area contributed by atoms with E-state index in [1.54, 1.807) is 18.2 Å². The van der Waals surface area contributed by atoms with Gasteiger partial charge in [0.05, 0.1) is 11.6 Å². The van der Waals surface area contributed by atoms with Gasteiger partial charge in [0.15, 0.2) is 0 Å². The first-order valence-electron chi connectivity index (χ1n) is 8.19. The normalized spacial score (nSPS) is 15.5. The average molecular weight is 299 g/mol. The molecular formula is C18H25N3O. The number of nitrogens with zero attached hydrogens (tertiary/aromatic N) is 2. The van der Waals surface area contributed by atoms with Crippen LogP contribution in [0.15, 0.2) is 24.3 Å². The number of hydrogen-bond acceptors (Lipinski definition) is 3. The summed E-state index contributed by atoms with van der Waals surface area (Å²) in [6.07, 6.45) is 8.03. The van der Waals surface area contributed by atoms with Gasteiger partial charge in [0, 0.05) is 18.2 Å². The van der Waals surface area contributed by atoms with E-state index in [1.807, 2.05) is 6.07 Å². The van der Waals surface area contributed by atoms with Gasteiger partial charge in [-0.2, -0.15) is 5.26 Å². The topological polar surface area (TPSA) is 56.1 Å². The van der Waals surface area contributed by atoms with E-state index in [1.165, 1.54) is 32.1 Å². The molecule has 1 fully saturated rings. The Balaban J connectivity index is 1.70. The highest BCUT2D eigenvalue weighted by atomic mass is 16.1. The van der Waals surface area contributed by atoms with Gasteiger partial charge in [-0.15, -0.1) is 0 Å². The molecule has 0 unspecified atom stereocenters. The van der Waals surface area contributed by atoms with Crippen LogP contribution in [0.25, 0.3) is 0 Å². The summed E-state index contributed by atoms with van der Waals surface area (Å²) < 4.78 is 0. The van der Waals surface area contributed by atoms with E-state index in [4.69, 9.17) is 5.26 Å². The highest BCUT2D eigenvalue weighted by Gasteiger charge is 2.17. The van der Waals surface area contributed by atoms with Crippen LogP contribution in [0.4, 0.5) is 5.69 Å². The van der Waals surface area contributed by atoms with E-state index in [2.05, 4.69) is 23.3 Å². The molecule has 0 aliphatic heterocycles. The summed E-state index contributed by atoms with van der Waals surface area (Å²) in [4.78, 5) is 14.4. The largest absolute Gasteiger partial charge is 0.326 e. The molecule has 1 aromatic carbocycles. The Hall–Kier alpha value is -1.86. The fourth-order valence-electron chi connectivity index (χ4n) is 3.08. The minimum atomic E-state index is 0.0205. The third kappa shape index (κ3) is 5.16. The van der Waals surface area contributed by atoms with Crippen molar-refractivity contribution in [3.05, 3.63) is 29.8 Å². The summed E-state index contributed by atoms with van der Waals surface area (Å²) in [7, 11) is 2.17. The van der Waals surface area contributed by atoms with Crippen LogP contribution in [0.5, 0.6) is 0 Å². The lowest BCUT2D eigenvalue weighted by molar-refractivity contribution is -0.116. The van der Waals surface area contributed by atoms with Crippen LogP contribution in [0.1, 0.15) is 50.5 Å². The lowest BCUT2D eigenvalue weighted by atomic mass is 9.94. The second-order valence-corrected chi connectivity index (χ2v) is 6.12. The van der Waals surface area contributed by atoms with Crippen molar-refractivity contribution >= 4 is 11.6 Å². The zero-order valence-corrected chi connectivity index (χ0v) is 13.3. The second kappa shape index (κ2) is 8.55. The second-order valence-electron chi connectivity index (χ2n) is 6.12. The maximum Gasteiger partial charge on any atom is 0.224 e. The Morgan fingerprint density at radius 2 is 2.14 bits per heavy atom. The fourth-order valence-corrected chi connectivity index (χ4v) is 3.08. The Kier molecular flexibility index (Phi) is 6.42. The highest BCUT2D eigenvalue weighted by Crippen LogP contribution is 2.21. The molecule has 22 heavy (non-hydrogen) atoms. The minimum Gasteiger partial charge on any atom is -0.326 e. The van der Waals surface area contributed by atoms with Crippen molar-refractivity contribution in [2.45, 2.75) is 51.0 Å². The summed E-state index contributed by atoms with van der Waals surface area (Å²) in [5.74, 6) is 0.0205. The first-order chi connectivity index (χ1) is 10.7. The van der Waals surface area contributed by atoms with E-state index >= 15 is 0 Å². The SMILES string of the molecule is CN(CCCC(=O)Nc1cccc(C#N)c1)C1CCCCC1. The number of nitrogens with one attached hydrogen (secondary N) is 1. The standard InChI is InChI=1S/C18H25N3O/c1-21(17-9-3-2-4-10-17)12-6-11-18(22)20-16-8-5-7-15(13-16)14-19/h5,7-8,13,17H,2-4,6,9-12H2,1H3,(H,20,22). The fraction of sp³-hybridized carbons (Fsp3) is 0.556. The van der Waals surface area contributed by atoms with Gasteiger partial charge in [0.2, 0.25) is 5.91 Å². The Morgan fingerprint density at radius 1 is 1.36 bits per heavy atom. The molecule has 0 bridgehead atoms. The maximum atomic E-state index is 12.0. The number of rotatable bonds is 6. The maximum absolute atomic E-state index is 12.0. The number of anilines is 1. The van der Waals surface area contributed by atoms with Crippen LogP contribution in [0.2, 0.25) is 0 Å². The first-order valence-corrected chi connectivity index (χ1v) is 8.19. The molecule has 0 heterocycles. The zero-order chi connectivity index (χ0) is 15.8. The number of carbonyl (C=O) groups excluding carboxylic acids is 1. The summed E-state index contributed by atoms with van der Waals surface area (Å²) in [6, 6.07) is 9.80. The van der Waals surface area contributed by atoms with Gasteiger partial charge in [-0.05, 0) is 51.1 Å². The molecule has 1 N–H and O–H groups in total. The van der Waals surface area contributed by atoms with Crippen molar-refractivity contribution in [2.75, 3.05) is 18.9 Å². The molecule has 0 atom stereocenters. The van der Waals surface area contributed by atoms with Crippen LogP contribution in [-0.2, 0) is 4.79 Å². The molecule has 118 valence electrons. The third-order valence-electron chi connectivity index (χ3n) is 4.39. The van der Waals surface area contributed by atoms with Crippen molar-refractivity contribution in [1.82, 2.24) is 4.90 Å². The molecule has 1 aliphatic rings. The van der Waals surface area contributed by atoms with E-state index in [0.717, 1.165) is 13.0 Å². The molecule has 1 aromatic rings. The number of carbonyl (C=O) groups is 1. The van der Waals surface area contributed by atoms with E-state index in [-0.39, 0.29) is 5.91 Å². The molecular weight excluding hydrogens is 274 g/mol. The van der Waals surface area contributed by atoms with Crippen LogP contribution in [-0.4, -0.2) is 30.4 Å². The Morgan fingerprint density at radius 3 is 2.86 bits per heavy atom. The van der Waals surface area contributed by atoms with Crippen molar-refractivity contribution in [3.8, 4) is 6.07 Å². The molecule has 4 heteroatoms. The van der Waals surface area contributed by atoms with Gasteiger partial charge in [-0.3, -0.25) is 4.79 Å². The van der Waals surface area contributed by atoms with Gasteiger partial charge in [-0.1, -0.05) is 25.3 Å². The Bertz CT molecular complexity index is 529. The summed E-state index contributed by atoms with van der Waals surface area (Å²) in [5.41, 5.74) is 1.26. The number of nitriles is 1. The van der Waals surface area contributed by atoms with Crippen LogP contribution < -0.4 is 5.32 Å². The average Bonchev–Trinajstić information content (AvgIpc) is 2.55. The molecule has 0 saturated heterocycles. The van der Waals surface area contributed by atoms with Gasteiger partial charge < -0.3 is 10.2 Å². The zero-order valence-electron chi connectivity index (χ0n) is 13.3. The number of benzene rings is 1. The van der Waals surface area contributed by atoms with Gasteiger partial charge >= 0.3 is 0 Å². The molecule has 4 nitrogen and oxygen atoms in total. The van der Waals surface area contributed by atoms with Crippen LogP contribution in [0.3, 0.4) is 0 Å². The molecule has 1 aliphatic carbocycles. The molecule has 0 radical (unpaired) electrons. The molecule has 0 aromatic heterocycles. The lowest BCUT2D eigenvalue weighted by Gasteiger charge is -2.31. The van der Waals surface area contributed by atoms with E-state index in [0.29, 0.717) is 23.7 Å². The van der Waals surface area contributed by atoms with Gasteiger partial charge in [0.1, 0.15) is 0 Å². The van der Waals surface area contributed by atoms with Crippen LogP contribution in [0, 0.1) is 11.3 Å². The van der Waals surface area contributed by atoms with E-state index in [9.17, 15) is 4.79 Å². The predicted octanol–water partition coefficient (Wildman–Crippen LogP) is 3.54. The highest BCUT2D eigenvalue weighted by molar-refractivity contribution is 5.90. The predicted molar refractivity (Wildman–Crippen MR) is 88.5 cm³/mol. The lowest BCUT2D eigenvalue weighted by Crippen LogP contribution is -2.34. The van der Waals surface area contributed by atoms with Gasteiger partial charge in [-0.25, -0.2) is 0 Å². The molecule has 1 amide bonds. The summed E-state index contributed by atoms with van der Waals surface area (Å²) in [6.45, 7) is 0.969. The summed E-state index contributed by atoms with van der Waals surface area (Å²) in [5, 5.41) is 11.7. The van der Waals surface area contributed by atoms with Crippen molar-refractivity contribution in [3.63, 3.8) is 0 Å². The molecule has 1 saturated carbocycles. The number of amides is 1. The van der Waals surface area contributed by atoms with Crippen molar-refractivity contribution in [1.29, 1.82) is 5.26 Å². The van der Waals surface area contributed by atoms with Crippen molar-refractivity contribution < 1.29 is 4.79 Å². The third-order valence-corrected chi connectivity index (χ3v) is 4.39. The molecule has 2 rings (SSSR count). The van der Waals surface area contributed by atoms with Crippen LogP contribution >= 0.6 is 0 Å².